The van der Waals surface area contributed by atoms with Gasteiger partial charge < -0.3 is 15.0 Å². The quantitative estimate of drug-likeness (QED) is 0.629. The summed E-state index contributed by atoms with van der Waals surface area (Å²) in [7, 11) is 1.57. The van der Waals surface area contributed by atoms with Gasteiger partial charge in [0, 0.05) is 23.5 Å². The predicted molar refractivity (Wildman–Crippen MR) is 86.6 cm³/mol. The molecule has 1 aromatic carbocycles. The lowest BCUT2D eigenvalue weighted by Crippen LogP contribution is -2.15. The van der Waals surface area contributed by atoms with Crippen molar-refractivity contribution < 1.29 is 9.53 Å². The molecular weight excluding hydrogens is 302 g/mol. The number of rotatable bonds is 6. The Kier molecular flexibility index (Phi) is 5.60. The third-order valence-electron chi connectivity index (χ3n) is 2.83. The van der Waals surface area contributed by atoms with Gasteiger partial charge in [0.15, 0.2) is 5.16 Å². The van der Waals surface area contributed by atoms with E-state index in [0.29, 0.717) is 28.7 Å². The van der Waals surface area contributed by atoms with E-state index < -0.39 is 0 Å². The molecule has 0 aliphatic rings. The van der Waals surface area contributed by atoms with Gasteiger partial charge in [0.25, 0.3) is 5.56 Å². The van der Waals surface area contributed by atoms with Crippen LogP contribution in [0.25, 0.3) is 0 Å². The number of aromatic amines is 1. The topological polar surface area (TPSA) is 84.1 Å². The summed E-state index contributed by atoms with van der Waals surface area (Å²) in [4.78, 5) is 30.3. The Hall–Kier alpha value is -2.28. The first kappa shape index (κ1) is 16.1. The minimum Gasteiger partial charge on any atom is -0.497 e. The average Bonchev–Trinajstić information content (AvgIpc) is 2.52. The molecule has 2 N–H and O–H groups in total. The normalized spacial score (nSPS) is 10.3. The van der Waals surface area contributed by atoms with Gasteiger partial charge >= 0.3 is 0 Å². The van der Waals surface area contributed by atoms with Crippen molar-refractivity contribution >= 4 is 23.4 Å². The molecule has 116 valence electrons. The molecule has 2 rings (SSSR count). The highest BCUT2D eigenvalue weighted by Gasteiger charge is 2.07. The number of anilines is 1. The van der Waals surface area contributed by atoms with Gasteiger partial charge in [-0.15, -0.1) is 0 Å². The molecule has 0 spiro atoms. The fourth-order valence-corrected chi connectivity index (χ4v) is 2.46. The molecular formula is C15H17N3O3S. The first-order valence-corrected chi connectivity index (χ1v) is 7.76. The molecule has 7 heteroatoms. The second-order valence-electron chi connectivity index (χ2n) is 4.46. The highest BCUT2D eigenvalue weighted by atomic mass is 32.2. The highest BCUT2D eigenvalue weighted by Crippen LogP contribution is 2.18. The van der Waals surface area contributed by atoms with Crippen molar-refractivity contribution in [1.82, 2.24) is 9.97 Å². The monoisotopic (exact) mass is 319 g/mol. The number of thioether (sulfide) groups is 1. The Morgan fingerprint density at radius 3 is 2.95 bits per heavy atom. The van der Waals surface area contributed by atoms with Crippen LogP contribution >= 0.6 is 11.8 Å². The van der Waals surface area contributed by atoms with Crippen LogP contribution in [-0.4, -0.2) is 28.7 Å². The smallest absolute Gasteiger partial charge is 0.251 e. The first-order valence-electron chi connectivity index (χ1n) is 6.77. The van der Waals surface area contributed by atoms with E-state index in [0.717, 1.165) is 0 Å². The maximum Gasteiger partial charge on any atom is 0.251 e. The molecule has 0 fully saturated rings. The molecule has 1 amide bonds. The van der Waals surface area contributed by atoms with Crippen LogP contribution in [0.3, 0.4) is 0 Å². The summed E-state index contributed by atoms with van der Waals surface area (Å²) in [5.74, 6) is 0.655. The lowest BCUT2D eigenvalue weighted by Gasteiger charge is -2.07. The van der Waals surface area contributed by atoms with Gasteiger partial charge in [0.05, 0.1) is 12.9 Å². The van der Waals surface area contributed by atoms with E-state index in [9.17, 15) is 9.59 Å². The van der Waals surface area contributed by atoms with Crippen LogP contribution in [-0.2, 0) is 11.2 Å². The van der Waals surface area contributed by atoms with E-state index in [2.05, 4.69) is 15.3 Å². The first-order chi connectivity index (χ1) is 10.6. The maximum atomic E-state index is 11.9. The van der Waals surface area contributed by atoms with Crippen molar-refractivity contribution in [2.75, 3.05) is 18.2 Å². The number of H-pyrrole nitrogens is 1. The summed E-state index contributed by atoms with van der Waals surface area (Å²) >= 11 is 1.19. The van der Waals surface area contributed by atoms with Gasteiger partial charge in [0.1, 0.15) is 5.75 Å². The summed E-state index contributed by atoms with van der Waals surface area (Å²) in [5.41, 5.74) is 1.16. The van der Waals surface area contributed by atoms with Gasteiger partial charge in [-0.2, -0.15) is 0 Å². The second-order valence-corrected chi connectivity index (χ2v) is 5.43. The summed E-state index contributed by atoms with van der Waals surface area (Å²) in [6.45, 7) is 1.92. The Bertz CT molecular complexity index is 715. The van der Waals surface area contributed by atoms with E-state index >= 15 is 0 Å². The van der Waals surface area contributed by atoms with Crippen molar-refractivity contribution in [3.8, 4) is 5.75 Å². The molecule has 1 aromatic heterocycles. The second kappa shape index (κ2) is 7.65. The largest absolute Gasteiger partial charge is 0.497 e. The fraction of sp³-hybridized carbons (Fsp3) is 0.267. The molecule has 1 heterocycles. The summed E-state index contributed by atoms with van der Waals surface area (Å²) < 4.78 is 5.10. The molecule has 22 heavy (non-hydrogen) atoms. The third-order valence-corrected chi connectivity index (χ3v) is 3.70. The number of hydrogen-bond acceptors (Lipinski definition) is 5. The number of carbonyl (C=O) groups excluding carboxylic acids is 1. The van der Waals surface area contributed by atoms with Gasteiger partial charge in [-0.3, -0.25) is 9.59 Å². The molecule has 0 unspecified atom stereocenters. The van der Waals surface area contributed by atoms with Gasteiger partial charge in [-0.25, -0.2) is 4.98 Å². The summed E-state index contributed by atoms with van der Waals surface area (Å²) in [5, 5.41) is 3.22. The van der Waals surface area contributed by atoms with Crippen LogP contribution < -0.4 is 15.6 Å². The maximum absolute atomic E-state index is 11.9. The van der Waals surface area contributed by atoms with Crippen molar-refractivity contribution in [2.45, 2.75) is 18.5 Å². The van der Waals surface area contributed by atoms with E-state index in [1.165, 1.54) is 17.8 Å². The Morgan fingerprint density at radius 1 is 1.41 bits per heavy atom. The molecule has 0 saturated carbocycles. The average molecular weight is 319 g/mol. The number of nitrogens with one attached hydrogen (secondary N) is 2. The molecule has 0 atom stereocenters. The number of aryl methyl sites for hydroxylation is 1. The number of methoxy groups -OCH3 is 1. The fourth-order valence-electron chi connectivity index (χ4n) is 1.76. The molecule has 0 radical (unpaired) electrons. The SMILES string of the molecule is CCc1cc(=O)[nH]c(SCC(=O)Nc2cccc(OC)c2)n1. The number of hydrogen-bond donors (Lipinski definition) is 2. The van der Waals surface area contributed by atoms with Crippen LogP contribution in [0.1, 0.15) is 12.6 Å². The number of carbonyl (C=O) groups is 1. The summed E-state index contributed by atoms with van der Waals surface area (Å²) in [6.07, 6.45) is 0.674. The minimum absolute atomic E-state index is 0.160. The predicted octanol–water partition coefficient (Wildman–Crippen LogP) is 2.07. The van der Waals surface area contributed by atoms with Crippen molar-refractivity contribution in [2.24, 2.45) is 0 Å². The van der Waals surface area contributed by atoms with Crippen LogP contribution in [0.5, 0.6) is 5.75 Å². The van der Waals surface area contributed by atoms with Crippen LogP contribution in [0.2, 0.25) is 0 Å². The summed E-state index contributed by atoms with van der Waals surface area (Å²) in [6, 6.07) is 8.57. The highest BCUT2D eigenvalue weighted by molar-refractivity contribution is 7.99. The van der Waals surface area contributed by atoms with E-state index in [1.54, 1.807) is 31.4 Å². The van der Waals surface area contributed by atoms with Crippen molar-refractivity contribution in [3.63, 3.8) is 0 Å². The molecule has 0 saturated heterocycles. The lowest BCUT2D eigenvalue weighted by atomic mass is 10.3. The molecule has 2 aromatic rings. The number of aromatic nitrogens is 2. The van der Waals surface area contributed by atoms with Gasteiger partial charge in [-0.1, -0.05) is 24.8 Å². The Balaban J connectivity index is 1.95. The standard InChI is InChI=1S/C15H17N3O3S/c1-3-10-8-13(19)18-15(17-10)22-9-14(20)16-11-5-4-6-12(7-11)21-2/h4-8H,3,9H2,1-2H3,(H,16,20)(H,17,18,19). The molecule has 6 nitrogen and oxygen atoms in total. The van der Waals surface area contributed by atoms with E-state index in [1.807, 2.05) is 6.92 Å². The molecule has 0 bridgehead atoms. The van der Waals surface area contributed by atoms with Crippen LogP contribution in [0.4, 0.5) is 5.69 Å². The molecule has 0 aliphatic heterocycles. The van der Waals surface area contributed by atoms with E-state index in [4.69, 9.17) is 4.74 Å². The van der Waals surface area contributed by atoms with Crippen LogP contribution in [0.15, 0.2) is 40.3 Å². The number of amides is 1. The van der Waals surface area contributed by atoms with Gasteiger partial charge in [0.2, 0.25) is 5.91 Å². The van der Waals surface area contributed by atoms with Crippen LogP contribution in [0, 0.1) is 0 Å². The molecule has 0 aliphatic carbocycles. The third kappa shape index (κ3) is 4.63. The Morgan fingerprint density at radius 2 is 2.23 bits per heavy atom. The van der Waals surface area contributed by atoms with Gasteiger partial charge in [-0.05, 0) is 18.6 Å². The zero-order valence-corrected chi connectivity index (χ0v) is 13.2. The zero-order valence-electron chi connectivity index (χ0n) is 12.4. The van der Waals surface area contributed by atoms with Crippen molar-refractivity contribution in [1.29, 1.82) is 0 Å². The number of benzene rings is 1. The minimum atomic E-state index is -0.206. The van der Waals surface area contributed by atoms with Crippen molar-refractivity contribution in [3.05, 3.63) is 46.4 Å². The number of ether oxygens (including phenoxy) is 1. The number of nitrogens with zero attached hydrogens (tertiary/aromatic N) is 1. The zero-order chi connectivity index (χ0) is 15.9. The Labute approximate surface area is 132 Å². The lowest BCUT2D eigenvalue weighted by molar-refractivity contribution is -0.113. The van der Waals surface area contributed by atoms with E-state index in [-0.39, 0.29) is 17.2 Å².